The van der Waals surface area contributed by atoms with Crippen molar-refractivity contribution in [1.82, 2.24) is 5.32 Å². The zero-order chi connectivity index (χ0) is 15.3. The molecule has 0 aromatic rings. The Bertz CT molecular complexity index is 381. The lowest BCUT2D eigenvalue weighted by atomic mass is 9.75. The molecule has 0 radical (unpaired) electrons. The Labute approximate surface area is 121 Å². The number of rotatable bonds is 6. The molecule has 1 aliphatic rings. The van der Waals surface area contributed by atoms with Gasteiger partial charge in [0.1, 0.15) is 5.54 Å². The molecule has 0 aromatic heterocycles. The average Bonchev–Trinajstić information content (AvgIpc) is 2.38. The number of nitrogens with one attached hydrogen (secondary N) is 1. The maximum Gasteiger partial charge on any atom is 0.329 e. The molecule has 1 atom stereocenters. The van der Waals surface area contributed by atoms with E-state index in [9.17, 15) is 14.7 Å². The van der Waals surface area contributed by atoms with E-state index < -0.39 is 11.5 Å². The Balaban J connectivity index is 2.71. The van der Waals surface area contributed by atoms with Gasteiger partial charge in [0.2, 0.25) is 5.91 Å². The maximum atomic E-state index is 12.2. The lowest BCUT2D eigenvalue weighted by molar-refractivity contribution is -0.150. The molecular weight excluding hydrogens is 254 g/mol. The summed E-state index contributed by atoms with van der Waals surface area (Å²) in [6.07, 6.45) is 4.49. The van der Waals surface area contributed by atoms with Gasteiger partial charge < -0.3 is 10.4 Å². The van der Waals surface area contributed by atoms with Crippen molar-refractivity contribution in [3.05, 3.63) is 12.2 Å². The molecule has 0 spiro atoms. The number of aliphatic carboxylic acids is 1. The highest BCUT2D eigenvalue weighted by Crippen LogP contribution is 2.34. The van der Waals surface area contributed by atoms with Gasteiger partial charge in [-0.1, -0.05) is 25.8 Å². The molecule has 1 saturated carbocycles. The normalized spacial score (nSPS) is 27.6. The minimum Gasteiger partial charge on any atom is -0.480 e. The molecule has 4 heteroatoms. The fraction of sp³-hybridized carbons (Fsp3) is 0.750. The number of carboxylic acids is 1. The minimum absolute atomic E-state index is 0.176. The van der Waals surface area contributed by atoms with Gasteiger partial charge in [0.15, 0.2) is 0 Å². The predicted octanol–water partition coefficient (Wildman–Crippen LogP) is 3.13. The van der Waals surface area contributed by atoms with E-state index in [1.807, 2.05) is 13.8 Å². The largest absolute Gasteiger partial charge is 0.480 e. The minimum atomic E-state index is -1.06. The van der Waals surface area contributed by atoms with E-state index in [0.29, 0.717) is 25.2 Å². The number of carboxylic acid groups (broad SMARTS) is 1. The lowest BCUT2D eigenvalue weighted by Crippen LogP contribution is -2.57. The number of carbonyl (C=O) groups excluding carboxylic acids is 1. The fourth-order valence-electron chi connectivity index (χ4n) is 2.95. The first-order valence-corrected chi connectivity index (χ1v) is 7.50. The highest BCUT2D eigenvalue weighted by atomic mass is 16.4. The van der Waals surface area contributed by atoms with Crippen LogP contribution in [0.1, 0.15) is 59.3 Å². The highest BCUT2D eigenvalue weighted by molar-refractivity contribution is 5.88. The van der Waals surface area contributed by atoms with E-state index in [2.05, 4.69) is 18.8 Å². The molecule has 0 aromatic carbocycles. The van der Waals surface area contributed by atoms with Crippen LogP contribution in [-0.2, 0) is 9.59 Å². The van der Waals surface area contributed by atoms with Crippen LogP contribution >= 0.6 is 0 Å². The van der Waals surface area contributed by atoms with E-state index in [1.54, 1.807) is 0 Å². The van der Waals surface area contributed by atoms with Crippen LogP contribution in [0.4, 0.5) is 0 Å². The van der Waals surface area contributed by atoms with Crippen molar-refractivity contribution in [3.63, 3.8) is 0 Å². The predicted molar refractivity (Wildman–Crippen MR) is 79.4 cm³/mol. The van der Waals surface area contributed by atoms with E-state index >= 15 is 0 Å². The van der Waals surface area contributed by atoms with E-state index in [1.165, 1.54) is 0 Å². The van der Waals surface area contributed by atoms with Crippen molar-refractivity contribution >= 4 is 11.9 Å². The van der Waals surface area contributed by atoms with Crippen LogP contribution in [-0.4, -0.2) is 22.5 Å². The molecular formula is C16H27NO3. The van der Waals surface area contributed by atoms with Crippen LogP contribution in [0.2, 0.25) is 0 Å². The summed E-state index contributed by atoms with van der Waals surface area (Å²) >= 11 is 0. The SMILES string of the molecule is C=C(C)CC(C)C(=O)NC1(C(=O)O)CCC(CC)CC1. The van der Waals surface area contributed by atoms with Crippen LogP contribution in [0.15, 0.2) is 12.2 Å². The summed E-state index contributed by atoms with van der Waals surface area (Å²) in [6, 6.07) is 0. The summed E-state index contributed by atoms with van der Waals surface area (Å²) in [4.78, 5) is 23.8. The molecule has 1 rings (SSSR count). The fourth-order valence-corrected chi connectivity index (χ4v) is 2.95. The summed E-state index contributed by atoms with van der Waals surface area (Å²) in [7, 11) is 0. The topological polar surface area (TPSA) is 66.4 Å². The Morgan fingerprint density at radius 3 is 2.35 bits per heavy atom. The number of hydrogen-bond donors (Lipinski definition) is 2. The molecule has 1 aliphatic carbocycles. The molecule has 0 heterocycles. The van der Waals surface area contributed by atoms with Crippen molar-refractivity contribution in [2.75, 3.05) is 0 Å². The Kier molecular flexibility index (Phi) is 5.78. The van der Waals surface area contributed by atoms with Crippen LogP contribution in [0.3, 0.4) is 0 Å². The third kappa shape index (κ3) is 4.09. The van der Waals surface area contributed by atoms with E-state index in [4.69, 9.17) is 0 Å². The Morgan fingerprint density at radius 2 is 1.95 bits per heavy atom. The smallest absolute Gasteiger partial charge is 0.329 e. The van der Waals surface area contributed by atoms with Gasteiger partial charge in [-0.25, -0.2) is 4.79 Å². The van der Waals surface area contributed by atoms with Gasteiger partial charge in [-0.05, 0) is 44.9 Å². The molecule has 0 bridgehead atoms. The van der Waals surface area contributed by atoms with Crippen molar-refractivity contribution in [3.8, 4) is 0 Å². The average molecular weight is 281 g/mol. The van der Waals surface area contributed by atoms with Gasteiger partial charge in [0.05, 0.1) is 0 Å². The summed E-state index contributed by atoms with van der Waals surface area (Å²) in [5, 5.41) is 12.3. The second-order valence-corrected chi connectivity index (χ2v) is 6.29. The molecule has 1 unspecified atom stereocenters. The Morgan fingerprint density at radius 1 is 1.40 bits per heavy atom. The second-order valence-electron chi connectivity index (χ2n) is 6.29. The van der Waals surface area contributed by atoms with Gasteiger partial charge in [-0.2, -0.15) is 0 Å². The summed E-state index contributed by atoms with van der Waals surface area (Å²) < 4.78 is 0. The van der Waals surface area contributed by atoms with Gasteiger partial charge in [-0.3, -0.25) is 4.79 Å². The van der Waals surface area contributed by atoms with E-state index in [-0.39, 0.29) is 11.8 Å². The van der Waals surface area contributed by atoms with Crippen LogP contribution < -0.4 is 5.32 Å². The second kappa shape index (κ2) is 6.91. The van der Waals surface area contributed by atoms with E-state index in [0.717, 1.165) is 24.8 Å². The zero-order valence-corrected chi connectivity index (χ0v) is 12.9. The van der Waals surface area contributed by atoms with Crippen LogP contribution in [0.5, 0.6) is 0 Å². The first-order valence-electron chi connectivity index (χ1n) is 7.50. The summed E-state index contributed by atoms with van der Waals surface area (Å²) in [6.45, 7) is 9.63. The third-order valence-electron chi connectivity index (χ3n) is 4.41. The number of carbonyl (C=O) groups is 2. The third-order valence-corrected chi connectivity index (χ3v) is 4.41. The molecule has 1 amide bonds. The number of amides is 1. The van der Waals surface area contributed by atoms with Crippen molar-refractivity contribution in [1.29, 1.82) is 0 Å². The lowest BCUT2D eigenvalue weighted by Gasteiger charge is -2.37. The van der Waals surface area contributed by atoms with Gasteiger partial charge in [-0.15, -0.1) is 6.58 Å². The van der Waals surface area contributed by atoms with Gasteiger partial charge in [0, 0.05) is 5.92 Å². The molecule has 0 aliphatic heterocycles. The van der Waals surface area contributed by atoms with Crippen molar-refractivity contribution < 1.29 is 14.7 Å². The molecule has 4 nitrogen and oxygen atoms in total. The van der Waals surface area contributed by atoms with Gasteiger partial charge in [0.25, 0.3) is 0 Å². The summed E-state index contributed by atoms with van der Waals surface area (Å²) in [5.41, 5.74) is -0.127. The zero-order valence-electron chi connectivity index (χ0n) is 12.9. The quantitative estimate of drug-likeness (QED) is 0.735. The first kappa shape index (κ1) is 16.7. The first-order chi connectivity index (χ1) is 9.30. The molecule has 2 N–H and O–H groups in total. The molecule has 114 valence electrons. The van der Waals surface area contributed by atoms with Crippen LogP contribution in [0, 0.1) is 11.8 Å². The molecule has 0 saturated heterocycles. The standard InChI is InChI=1S/C16H27NO3/c1-5-13-6-8-16(9-7-13,15(19)20)17-14(18)12(4)10-11(2)3/h12-13H,2,5-10H2,1,3-4H3,(H,17,18)(H,19,20). The highest BCUT2D eigenvalue weighted by Gasteiger charge is 2.43. The monoisotopic (exact) mass is 281 g/mol. The van der Waals surface area contributed by atoms with Crippen LogP contribution in [0.25, 0.3) is 0 Å². The molecule has 1 fully saturated rings. The number of hydrogen-bond acceptors (Lipinski definition) is 2. The number of allylic oxidation sites excluding steroid dienone is 1. The Hall–Kier alpha value is -1.32. The maximum absolute atomic E-state index is 12.2. The summed E-state index contributed by atoms with van der Waals surface area (Å²) in [5.74, 6) is -0.715. The van der Waals surface area contributed by atoms with Gasteiger partial charge >= 0.3 is 5.97 Å². The van der Waals surface area contributed by atoms with Crippen molar-refractivity contribution in [2.45, 2.75) is 64.8 Å². The van der Waals surface area contributed by atoms with Crippen molar-refractivity contribution in [2.24, 2.45) is 11.8 Å². The molecule has 20 heavy (non-hydrogen) atoms.